The third-order valence-electron chi connectivity index (χ3n) is 3.98. The van der Waals surface area contributed by atoms with Gasteiger partial charge in [0.15, 0.2) is 0 Å². The fourth-order valence-corrected chi connectivity index (χ4v) is 3.86. The van der Waals surface area contributed by atoms with Crippen LogP contribution in [0.5, 0.6) is 0 Å². The van der Waals surface area contributed by atoms with Crippen molar-refractivity contribution in [2.24, 2.45) is 4.40 Å². The Hall–Kier alpha value is -0.810. The quantitative estimate of drug-likeness (QED) is 0.330. The molecule has 0 aliphatic carbocycles. The van der Waals surface area contributed by atoms with Gasteiger partial charge in [-0.05, 0) is 111 Å². The summed E-state index contributed by atoms with van der Waals surface area (Å²) in [5.74, 6) is 0. The van der Waals surface area contributed by atoms with E-state index in [9.17, 15) is 8.42 Å². The molecule has 6 nitrogen and oxygen atoms in total. The van der Waals surface area contributed by atoms with E-state index in [2.05, 4.69) is 50.9 Å². The lowest BCUT2D eigenvalue weighted by Gasteiger charge is -2.21. The highest BCUT2D eigenvalue weighted by molar-refractivity contribution is 9.10. The van der Waals surface area contributed by atoms with Crippen molar-refractivity contribution in [3.05, 3.63) is 57.0 Å². The third kappa shape index (κ3) is 10.4. The van der Waals surface area contributed by atoms with Crippen LogP contribution in [0.3, 0.4) is 0 Å². The van der Waals surface area contributed by atoms with Crippen LogP contribution in [0.4, 0.5) is 0 Å². The van der Waals surface area contributed by atoms with E-state index >= 15 is 0 Å². The highest BCUT2D eigenvalue weighted by Crippen LogP contribution is 2.18. The van der Waals surface area contributed by atoms with Gasteiger partial charge in [-0.3, -0.25) is 0 Å². The average Bonchev–Trinajstić information content (AvgIpc) is 2.68. The first-order valence-electron chi connectivity index (χ1n) is 10.00. The molecule has 10 heteroatoms. The molecule has 32 heavy (non-hydrogen) atoms. The van der Waals surface area contributed by atoms with Crippen molar-refractivity contribution in [3.63, 3.8) is 0 Å². The Morgan fingerprint density at radius 2 is 1.47 bits per heavy atom. The molecule has 0 spiro atoms. The molecule has 0 aliphatic heterocycles. The van der Waals surface area contributed by atoms with Crippen LogP contribution in [0.2, 0.25) is 0 Å². The van der Waals surface area contributed by atoms with Gasteiger partial charge in [-0.1, -0.05) is 6.07 Å². The van der Waals surface area contributed by atoms with E-state index in [1.165, 1.54) is 0 Å². The van der Waals surface area contributed by atoms with Crippen molar-refractivity contribution >= 4 is 59.5 Å². The lowest BCUT2D eigenvalue weighted by molar-refractivity contribution is 0.615. The summed E-state index contributed by atoms with van der Waals surface area (Å²) >= 11 is 6.55. The lowest BCUT2D eigenvalue weighted by atomic mass is 10.2. The summed E-state index contributed by atoms with van der Waals surface area (Å²) in [6, 6.07) is 7.62. The first-order valence-corrected chi connectivity index (χ1v) is 13.8. The summed E-state index contributed by atoms with van der Waals surface area (Å²) in [5, 5.41) is 0. The van der Waals surface area contributed by atoms with Gasteiger partial charge in [-0.15, -0.1) is 0 Å². The number of pyridine rings is 2. The summed E-state index contributed by atoms with van der Waals surface area (Å²) < 4.78 is 32.0. The molecule has 0 unspecified atom stereocenters. The van der Waals surface area contributed by atoms with Crippen molar-refractivity contribution in [3.8, 4) is 0 Å². The van der Waals surface area contributed by atoms with E-state index in [0.717, 1.165) is 26.0 Å². The number of halogens is 2. The van der Waals surface area contributed by atoms with Gasteiger partial charge in [0.2, 0.25) is 0 Å². The van der Waals surface area contributed by atoms with Crippen LogP contribution >= 0.6 is 31.9 Å². The number of aromatic nitrogens is 2. The molecular weight excluding hydrogens is 576 g/mol. The number of hydrogen-bond acceptors (Lipinski definition) is 4. The summed E-state index contributed by atoms with van der Waals surface area (Å²) in [5.41, 5.74) is 2.66. The van der Waals surface area contributed by atoms with E-state index in [1.54, 1.807) is 12.4 Å². The number of hydrogen-bond donors (Lipinski definition) is 1. The molecule has 0 fully saturated rings. The van der Waals surface area contributed by atoms with E-state index < -0.39 is 22.0 Å². The maximum atomic E-state index is 11.9. The summed E-state index contributed by atoms with van der Waals surface area (Å²) in [7, 11) is -2.29. The zero-order valence-electron chi connectivity index (χ0n) is 19.8. The monoisotopic (exact) mass is 606 g/mol. The van der Waals surface area contributed by atoms with E-state index in [0.29, 0.717) is 0 Å². The van der Waals surface area contributed by atoms with Crippen molar-refractivity contribution in [1.82, 2.24) is 14.7 Å². The van der Waals surface area contributed by atoms with E-state index in [1.807, 2.05) is 79.7 Å². The molecule has 0 aromatic carbocycles. The van der Waals surface area contributed by atoms with Gasteiger partial charge >= 0.3 is 0 Å². The van der Waals surface area contributed by atoms with E-state index in [4.69, 9.17) is 0 Å². The smallest absolute Gasteiger partial charge is 0.145 e. The number of nitrogens with zero attached hydrogens (tertiary/aromatic N) is 3. The molecule has 0 saturated heterocycles. The Balaban J connectivity index is 0.000000320. The minimum absolute atomic E-state index is 0.0284. The van der Waals surface area contributed by atoms with Crippen molar-refractivity contribution in [2.75, 3.05) is 0 Å². The van der Waals surface area contributed by atoms with Crippen LogP contribution in [-0.2, 0) is 22.0 Å². The van der Waals surface area contributed by atoms with Crippen LogP contribution < -0.4 is 4.72 Å². The Kier molecular flexibility index (Phi) is 11.5. The van der Waals surface area contributed by atoms with Gasteiger partial charge in [0.1, 0.15) is 20.2 Å². The number of rotatable bonds is 5. The lowest BCUT2D eigenvalue weighted by Crippen LogP contribution is -2.34. The standard InChI is InChI=1S/C11H17BrN2OS.C11H15BrN2OS/c2*1-8(14-16(15)11(2,3)4)9-5-6-10(12)13-7-9/h5-8,14H,1-4H3;5-7H,1-4H3/t8-,16+;16-/m01/s1. The number of nitrogens with one attached hydrogen (secondary N) is 1. The molecule has 2 heterocycles. The maximum Gasteiger partial charge on any atom is 0.145 e. The zero-order chi connectivity index (χ0) is 24.7. The van der Waals surface area contributed by atoms with Crippen LogP contribution in [0.25, 0.3) is 0 Å². The largest absolute Gasteiger partial charge is 0.249 e. The average molecular weight is 608 g/mol. The van der Waals surface area contributed by atoms with Crippen molar-refractivity contribution in [1.29, 1.82) is 0 Å². The van der Waals surface area contributed by atoms with Gasteiger partial charge < -0.3 is 0 Å². The SMILES string of the molecule is CC(=N[S@](=O)C(C)(C)C)c1ccc(Br)nc1.C[C@H](N[S@](=O)C(C)(C)C)c1ccc(Br)nc1. The van der Waals surface area contributed by atoms with Gasteiger partial charge in [0.05, 0.1) is 26.2 Å². The summed E-state index contributed by atoms with van der Waals surface area (Å²) in [6.07, 6.45) is 3.49. The van der Waals surface area contributed by atoms with Gasteiger partial charge in [0, 0.05) is 24.0 Å². The molecule has 0 bridgehead atoms. The topological polar surface area (TPSA) is 84.3 Å². The first-order chi connectivity index (χ1) is 14.6. The minimum atomic E-state index is -1.22. The Bertz CT molecular complexity index is 952. The predicted molar refractivity (Wildman–Crippen MR) is 143 cm³/mol. The molecule has 3 atom stereocenters. The van der Waals surface area contributed by atoms with Gasteiger partial charge in [-0.25, -0.2) is 23.1 Å². The van der Waals surface area contributed by atoms with Crippen LogP contribution in [-0.4, -0.2) is 33.6 Å². The summed E-state index contributed by atoms with van der Waals surface area (Å²) in [4.78, 5) is 8.25. The molecule has 1 N–H and O–H groups in total. The molecule has 2 aromatic heterocycles. The minimum Gasteiger partial charge on any atom is -0.249 e. The highest BCUT2D eigenvalue weighted by Gasteiger charge is 2.21. The normalized spacial score (nSPS) is 15.4. The van der Waals surface area contributed by atoms with Crippen LogP contribution in [0.1, 0.15) is 72.6 Å². The second-order valence-corrected chi connectivity index (χ2v) is 14.6. The predicted octanol–water partition coefficient (Wildman–Crippen LogP) is 6.07. The fourth-order valence-electron chi connectivity index (χ4n) is 1.95. The maximum absolute atomic E-state index is 11.9. The second kappa shape index (κ2) is 12.6. The fraction of sp³-hybridized carbons (Fsp3) is 0.500. The van der Waals surface area contributed by atoms with Crippen LogP contribution in [0.15, 0.2) is 50.3 Å². The first kappa shape index (κ1) is 29.2. The molecule has 0 amide bonds. The Morgan fingerprint density at radius 3 is 1.88 bits per heavy atom. The van der Waals surface area contributed by atoms with Crippen molar-refractivity contribution in [2.45, 2.75) is 70.9 Å². The highest BCUT2D eigenvalue weighted by atomic mass is 79.9. The summed E-state index contributed by atoms with van der Waals surface area (Å²) in [6.45, 7) is 15.4. The third-order valence-corrected chi connectivity index (χ3v) is 8.08. The van der Waals surface area contributed by atoms with Crippen LogP contribution in [0, 0.1) is 0 Å². The Morgan fingerprint density at radius 1 is 0.938 bits per heavy atom. The van der Waals surface area contributed by atoms with Gasteiger partial charge in [-0.2, -0.15) is 4.40 Å². The second-order valence-electron chi connectivity index (χ2n) is 9.04. The zero-order valence-corrected chi connectivity index (χ0v) is 24.6. The molecule has 0 radical (unpaired) electrons. The molecular formula is C22H32Br2N4O2S2. The van der Waals surface area contributed by atoms with Gasteiger partial charge in [0.25, 0.3) is 0 Å². The Labute approximate surface area is 214 Å². The molecule has 178 valence electrons. The molecule has 0 saturated carbocycles. The molecule has 2 rings (SSSR count). The van der Waals surface area contributed by atoms with E-state index in [-0.39, 0.29) is 15.5 Å². The molecule has 2 aromatic rings. The van der Waals surface area contributed by atoms with Crippen molar-refractivity contribution < 1.29 is 8.42 Å². The molecule has 0 aliphatic rings.